The monoisotopic (exact) mass is 185 g/mol. The molecule has 0 aromatic heterocycles. The van der Waals surface area contributed by atoms with E-state index in [2.05, 4.69) is 10.9 Å². The molecule has 4 heteroatoms. The number of hydrogen-bond acceptors (Lipinski definition) is 3. The van der Waals surface area contributed by atoms with E-state index >= 15 is 0 Å². The van der Waals surface area contributed by atoms with Crippen LogP contribution in [0.3, 0.4) is 0 Å². The average molecular weight is 185 g/mol. The zero-order valence-electron chi connectivity index (χ0n) is 8.25. The third kappa shape index (κ3) is 3.32. The summed E-state index contributed by atoms with van der Waals surface area (Å²) in [7, 11) is 1.83. The number of hydrazine groups is 1. The lowest BCUT2D eigenvalue weighted by Gasteiger charge is -2.24. The predicted molar refractivity (Wildman–Crippen MR) is 52.1 cm³/mol. The topological polar surface area (TPSA) is 44.4 Å². The van der Waals surface area contributed by atoms with E-state index in [0.29, 0.717) is 6.04 Å². The van der Waals surface area contributed by atoms with Crippen molar-refractivity contribution in [3.63, 3.8) is 0 Å². The molecule has 1 aliphatic rings. The number of carbonyl (C=O) groups excluding carboxylic acids is 1. The summed E-state index contributed by atoms with van der Waals surface area (Å²) in [5.74, 6) is 0. The summed E-state index contributed by atoms with van der Waals surface area (Å²) < 4.78 is 0. The highest BCUT2D eigenvalue weighted by Gasteiger charge is 2.20. The van der Waals surface area contributed by atoms with Gasteiger partial charge in [0, 0.05) is 19.1 Å². The van der Waals surface area contributed by atoms with E-state index in [1.807, 2.05) is 11.9 Å². The van der Waals surface area contributed by atoms with Crippen molar-refractivity contribution in [3.8, 4) is 0 Å². The van der Waals surface area contributed by atoms with Gasteiger partial charge in [0.25, 0.3) is 0 Å². The van der Waals surface area contributed by atoms with Crippen LogP contribution in [0.2, 0.25) is 0 Å². The fraction of sp³-hybridized carbons (Fsp3) is 0.889. The molecule has 4 nitrogen and oxygen atoms in total. The molecule has 1 aliphatic carbocycles. The second kappa shape index (κ2) is 5.94. The third-order valence-corrected chi connectivity index (χ3v) is 2.60. The van der Waals surface area contributed by atoms with Gasteiger partial charge in [-0.2, -0.15) is 0 Å². The molecule has 1 fully saturated rings. The summed E-state index contributed by atoms with van der Waals surface area (Å²) >= 11 is 0. The summed E-state index contributed by atoms with van der Waals surface area (Å²) in [5.41, 5.74) is 5.83. The van der Waals surface area contributed by atoms with Crippen LogP contribution in [0.1, 0.15) is 25.7 Å². The maximum atomic E-state index is 10.8. The van der Waals surface area contributed by atoms with Crippen molar-refractivity contribution in [2.75, 3.05) is 20.1 Å². The Hall–Kier alpha value is -0.610. The highest BCUT2D eigenvalue weighted by Crippen LogP contribution is 2.21. The minimum Gasteiger partial charge on any atom is -0.341 e. The predicted octanol–water partition coefficient (Wildman–Crippen LogP) is 0.111. The van der Waals surface area contributed by atoms with Gasteiger partial charge in [0.1, 0.15) is 0 Å². The molecule has 1 saturated carbocycles. The summed E-state index contributed by atoms with van der Waals surface area (Å²) in [4.78, 5) is 12.7. The summed E-state index contributed by atoms with van der Waals surface area (Å²) in [6, 6.07) is 0.496. The van der Waals surface area contributed by atoms with Gasteiger partial charge in [0.2, 0.25) is 6.41 Å². The lowest BCUT2D eigenvalue weighted by Crippen LogP contribution is -2.40. The third-order valence-electron chi connectivity index (χ3n) is 2.60. The van der Waals surface area contributed by atoms with Crippen LogP contribution < -0.4 is 10.9 Å². The van der Waals surface area contributed by atoms with Crippen molar-refractivity contribution in [3.05, 3.63) is 0 Å². The number of nitrogens with one attached hydrogen (secondary N) is 2. The number of nitrogens with zero attached hydrogens (tertiary/aromatic N) is 1. The van der Waals surface area contributed by atoms with Crippen molar-refractivity contribution < 1.29 is 4.79 Å². The second-order valence-corrected chi connectivity index (χ2v) is 3.46. The fourth-order valence-electron chi connectivity index (χ4n) is 1.87. The molecule has 76 valence electrons. The number of amides is 1. The van der Waals surface area contributed by atoms with Crippen LogP contribution in [-0.2, 0) is 4.79 Å². The van der Waals surface area contributed by atoms with Crippen molar-refractivity contribution in [1.29, 1.82) is 0 Å². The molecular weight excluding hydrogens is 166 g/mol. The quantitative estimate of drug-likeness (QED) is 0.351. The van der Waals surface area contributed by atoms with Gasteiger partial charge < -0.3 is 4.90 Å². The van der Waals surface area contributed by atoms with Crippen molar-refractivity contribution in [2.24, 2.45) is 0 Å². The van der Waals surface area contributed by atoms with Crippen molar-refractivity contribution >= 4 is 6.41 Å². The first kappa shape index (κ1) is 10.5. The summed E-state index contributed by atoms with van der Waals surface area (Å²) in [5, 5.41) is 0. The van der Waals surface area contributed by atoms with E-state index in [0.717, 1.165) is 19.5 Å². The highest BCUT2D eigenvalue weighted by molar-refractivity contribution is 5.47. The summed E-state index contributed by atoms with van der Waals surface area (Å²) in [6.45, 7) is 1.61. The van der Waals surface area contributed by atoms with Crippen LogP contribution in [0, 0.1) is 0 Å². The zero-order valence-corrected chi connectivity index (χ0v) is 8.25. The van der Waals surface area contributed by atoms with Gasteiger partial charge >= 0.3 is 0 Å². The maximum Gasteiger partial charge on any atom is 0.209 e. The molecule has 0 heterocycles. The Morgan fingerprint density at radius 1 is 1.46 bits per heavy atom. The van der Waals surface area contributed by atoms with E-state index in [4.69, 9.17) is 0 Å². The Morgan fingerprint density at radius 2 is 2.15 bits per heavy atom. The van der Waals surface area contributed by atoms with E-state index in [1.165, 1.54) is 25.7 Å². The van der Waals surface area contributed by atoms with Crippen molar-refractivity contribution in [2.45, 2.75) is 31.7 Å². The standard InChI is InChI=1S/C9H19N3O/c1-10-11-6-7-12(8-13)9-4-2-3-5-9/h8-11H,2-7H2,1H3. The van der Waals surface area contributed by atoms with Crippen LogP contribution in [0.5, 0.6) is 0 Å². The minimum absolute atomic E-state index is 0.496. The average Bonchev–Trinajstić information content (AvgIpc) is 2.65. The first-order valence-electron chi connectivity index (χ1n) is 4.99. The Bertz CT molecular complexity index is 146. The van der Waals surface area contributed by atoms with E-state index < -0.39 is 0 Å². The first-order valence-corrected chi connectivity index (χ1v) is 4.99. The molecule has 13 heavy (non-hydrogen) atoms. The Morgan fingerprint density at radius 3 is 2.69 bits per heavy atom. The number of carbonyl (C=O) groups is 1. The molecule has 0 aliphatic heterocycles. The fourth-order valence-corrected chi connectivity index (χ4v) is 1.87. The minimum atomic E-state index is 0.496. The molecule has 0 atom stereocenters. The maximum absolute atomic E-state index is 10.8. The Kier molecular flexibility index (Phi) is 4.78. The number of rotatable bonds is 6. The largest absolute Gasteiger partial charge is 0.341 e. The van der Waals surface area contributed by atoms with Crippen molar-refractivity contribution in [1.82, 2.24) is 15.8 Å². The lowest BCUT2D eigenvalue weighted by atomic mass is 10.2. The zero-order chi connectivity index (χ0) is 9.52. The smallest absolute Gasteiger partial charge is 0.209 e. The van der Waals surface area contributed by atoms with Crippen LogP contribution in [-0.4, -0.2) is 37.5 Å². The van der Waals surface area contributed by atoms with Crippen LogP contribution >= 0.6 is 0 Å². The molecule has 0 spiro atoms. The molecule has 0 aromatic carbocycles. The molecule has 0 radical (unpaired) electrons. The molecule has 1 amide bonds. The molecule has 0 unspecified atom stereocenters. The molecule has 0 saturated heterocycles. The van der Waals surface area contributed by atoms with Crippen LogP contribution in [0.4, 0.5) is 0 Å². The Balaban J connectivity index is 2.20. The molecule has 0 aromatic rings. The molecule has 0 bridgehead atoms. The molecule has 1 rings (SSSR count). The van der Waals surface area contributed by atoms with Crippen LogP contribution in [0.25, 0.3) is 0 Å². The molecular formula is C9H19N3O. The normalized spacial score (nSPS) is 17.6. The first-order chi connectivity index (χ1) is 6.38. The van der Waals surface area contributed by atoms with Gasteiger partial charge in [-0.3, -0.25) is 15.6 Å². The van der Waals surface area contributed by atoms with Gasteiger partial charge in [-0.25, -0.2) is 0 Å². The highest BCUT2D eigenvalue weighted by atomic mass is 16.1. The van der Waals surface area contributed by atoms with E-state index in [-0.39, 0.29) is 0 Å². The second-order valence-electron chi connectivity index (χ2n) is 3.46. The molecule has 2 N–H and O–H groups in total. The number of hydrogen-bond donors (Lipinski definition) is 2. The van der Waals surface area contributed by atoms with Gasteiger partial charge in [-0.15, -0.1) is 0 Å². The van der Waals surface area contributed by atoms with Gasteiger partial charge in [0.05, 0.1) is 0 Å². The lowest BCUT2D eigenvalue weighted by molar-refractivity contribution is -0.120. The van der Waals surface area contributed by atoms with Gasteiger partial charge in [0.15, 0.2) is 0 Å². The van der Waals surface area contributed by atoms with E-state index in [1.54, 1.807) is 0 Å². The van der Waals surface area contributed by atoms with Crippen LogP contribution in [0.15, 0.2) is 0 Å². The van der Waals surface area contributed by atoms with Gasteiger partial charge in [-0.05, 0) is 19.9 Å². The van der Waals surface area contributed by atoms with Gasteiger partial charge in [-0.1, -0.05) is 12.8 Å². The summed E-state index contributed by atoms with van der Waals surface area (Å²) in [6.07, 6.45) is 5.88. The van der Waals surface area contributed by atoms with E-state index in [9.17, 15) is 4.79 Å². The Labute approximate surface area is 79.6 Å². The SMILES string of the molecule is CNNCCN(C=O)C1CCCC1.